The monoisotopic (exact) mass is 468 g/mol. The van der Waals surface area contributed by atoms with E-state index in [1.54, 1.807) is 54.6 Å². The molecule has 162 valence electrons. The summed E-state index contributed by atoms with van der Waals surface area (Å²) in [5, 5.41) is 11.3. The van der Waals surface area contributed by atoms with Gasteiger partial charge in [-0.15, -0.1) is 5.10 Å². The average Bonchev–Trinajstić information content (AvgIpc) is 3.37. The second-order valence-electron chi connectivity index (χ2n) is 6.49. The highest BCUT2D eigenvalue weighted by Gasteiger charge is 2.25. The van der Waals surface area contributed by atoms with Gasteiger partial charge in [0, 0.05) is 17.7 Å². The van der Waals surface area contributed by atoms with Crippen LogP contribution in [0.25, 0.3) is 10.9 Å². The molecule has 1 amide bonds. The number of esters is 1. The molecule has 4 rings (SSSR count). The molecule has 1 aliphatic heterocycles. The van der Waals surface area contributed by atoms with E-state index < -0.39 is 21.9 Å². The minimum absolute atomic E-state index is 0.160. The standard InChI is InChI=1S/C21H16N4O5S2/c1-30-19(26)12-18-20(27)23-21(31-18)24-22-13-14-7-8-17-15(11-14)9-10-25(17)32(28,29)16-5-3-2-4-6-16/h2-13H,1H3,(H,23,24,27)/b18-12+,22-13?. The van der Waals surface area contributed by atoms with Gasteiger partial charge in [0.25, 0.3) is 15.9 Å². The van der Waals surface area contributed by atoms with Crippen molar-refractivity contribution in [2.45, 2.75) is 4.90 Å². The molecule has 0 bridgehead atoms. The van der Waals surface area contributed by atoms with Crippen molar-refractivity contribution < 1.29 is 22.7 Å². The molecule has 1 saturated heterocycles. The Morgan fingerprint density at radius 1 is 1.16 bits per heavy atom. The van der Waals surface area contributed by atoms with Gasteiger partial charge in [0.05, 0.1) is 28.6 Å². The number of methoxy groups -OCH3 is 1. The maximum absolute atomic E-state index is 12.9. The normalized spacial score (nSPS) is 16.8. The van der Waals surface area contributed by atoms with E-state index in [1.807, 2.05) is 0 Å². The van der Waals surface area contributed by atoms with Crippen molar-refractivity contribution in [1.82, 2.24) is 9.29 Å². The molecule has 32 heavy (non-hydrogen) atoms. The van der Waals surface area contributed by atoms with Crippen molar-refractivity contribution in [2.24, 2.45) is 10.2 Å². The first-order valence-electron chi connectivity index (χ1n) is 9.20. The number of hydrogen-bond donors (Lipinski definition) is 1. The summed E-state index contributed by atoms with van der Waals surface area (Å²) >= 11 is 0.970. The summed E-state index contributed by atoms with van der Waals surface area (Å²) in [6.07, 6.45) is 4.06. The number of amidine groups is 1. The number of amides is 1. The predicted molar refractivity (Wildman–Crippen MR) is 122 cm³/mol. The summed E-state index contributed by atoms with van der Waals surface area (Å²) in [4.78, 5) is 23.4. The van der Waals surface area contributed by atoms with Gasteiger partial charge < -0.3 is 4.74 Å². The first-order valence-corrected chi connectivity index (χ1v) is 11.5. The van der Waals surface area contributed by atoms with Gasteiger partial charge in [0.15, 0.2) is 5.17 Å². The topological polar surface area (TPSA) is 119 Å². The van der Waals surface area contributed by atoms with Crippen LogP contribution in [0.3, 0.4) is 0 Å². The maximum atomic E-state index is 12.9. The van der Waals surface area contributed by atoms with Crippen LogP contribution in [0, 0.1) is 0 Å². The van der Waals surface area contributed by atoms with Gasteiger partial charge in [-0.1, -0.05) is 24.3 Å². The fraction of sp³-hybridized carbons (Fsp3) is 0.0476. The molecule has 2 heterocycles. The van der Waals surface area contributed by atoms with Crippen molar-refractivity contribution >= 4 is 55.9 Å². The summed E-state index contributed by atoms with van der Waals surface area (Å²) in [5.41, 5.74) is 1.23. The Hall–Kier alpha value is -3.70. The van der Waals surface area contributed by atoms with E-state index in [4.69, 9.17) is 0 Å². The number of nitrogens with one attached hydrogen (secondary N) is 1. The van der Waals surface area contributed by atoms with Crippen LogP contribution in [0.15, 0.2) is 86.9 Å². The minimum atomic E-state index is -3.70. The van der Waals surface area contributed by atoms with E-state index in [2.05, 4.69) is 20.3 Å². The fourth-order valence-electron chi connectivity index (χ4n) is 2.92. The molecule has 1 aliphatic rings. The molecule has 0 atom stereocenters. The van der Waals surface area contributed by atoms with Gasteiger partial charge in [-0.3, -0.25) is 10.1 Å². The third kappa shape index (κ3) is 4.34. The van der Waals surface area contributed by atoms with Crippen molar-refractivity contribution in [2.75, 3.05) is 7.11 Å². The quantitative estimate of drug-likeness (QED) is 0.266. The van der Waals surface area contributed by atoms with E-state index in [9.17, 15) is 18.0 Å². The van der Waals surface area contributed by atoms with Crippen molar-refractivity contribution in [1.29, 1.82) is 0 Å². The van der Waals surface area contributed by atoms with Crippen LogP contribution in [-0.2, 0) is 24.3 Å². The number of carbonyl (C=O) groups is 2. The average molecular weight is 469 g/mol. The zero-order valence-corrected chi connectivity index (χ0v) is 18.3. The van der Waals surface area contributed by atoms with Crippen LogP contribution in [0.1, 0.15) is 5.56 Å². The lowest BCUT2D eigenvalue weighted by molar-refractivity contribution is -0.135. The van der Waals surface area contributed by atoms with Crippen LogP contribution < -0.4 is 5.32 Å². The Labute approximate surface area is 187 Å². The fourth-order valence-corrected chi connectivity index (χ4v) is 5.03. The van der Waals surface area contributed by atoms with Crippen LogP contribution in [0.4, 0.5) is 0 Å². The summed E-state index contributed by atoms with van der Waals surface area (Å²) in [6.45, 7) is 0. The van der Waals surface area contributed by atoms with Gasteiger partial charge in [-0.25, -0.2) is 17.2 Å². The summed E-state index contributed by atoms with van der Waals surface area (Å²) in [7, 11) is -2.48. The number of benzene rings is 2. The number of carbonyl (C=O) groups excluding carboxylic acids is 2. The molecule has 1 N–H and O–H groups in total. The lowest BCUT2D eigenvalue weighted by Crippen LogP contribution is -2.19. The largest absolute Gasteiger partial charge is 0.466 e. The van der Waals surface area contributed by atoms with E-state index >= 15 is 0 Å². The molecule has 11 heteroatoms. The molecule has 0 radical (unpaired) electrons. The number of aromatic nitrogens is 1. The first kappa shape index (κ1) is 21.5. The zero-order valence-electron chi connectivity index (χ0n) is 16.6. The van der Waals surface area contributed by atoms with Gasteiger partial charge in [0.2, 0.25) is 0 Å². The molecular weight excluding hydrogens is 452 g/mol. The molecule has 3 aromatic rings. The van der Waals surface area contributed by atoms with Gasteiger partial charge in [-0.2, -0.15) is 5.10 Å². The summed E-state index contributed by atoms with van der Waals surface area (Å²) in [5.74, 6) is -1.10. The van der Waals surface area contributed by atoms with Gasteiger partial charge in [0.1, 0.15) is 0 Å². The first-order chi connectivity index (χ1) is 15.4. The van der Waals surface area contributed by atoms with E-state index in [1.165, 1.54) is 23.5 Å². The highest BCUT2D eigenvalue weighted by molar-refractivity contribution is 8.18. The van der Waals surface area contributed by atoms with E-state index in [-0.39, 0.29) is 15.0 Å². The van der Waals surface area contributed by atoms with Crippen molar-refractivity contribution in [3.63, 3.8) is 0 Å². The molecule has 2 aromatic carbocycles. The maximum Gasteiger partial charge on any atom is 0.331 e. The van der Waals surface area contributed by atoms with E-state index in [0.29, 0.717) is 16.5 Å². The molecule has 0 unspecified atom stereocenters. The lowest BCUT2D eigenvalue weighted by atomic mass is 10.2. The minimum Gasteiger partial charge on any atom is -0.466 e. The second kappa shape index (κ2) is 8.81. The Bertz CT molecular complexity index is 1410. The number of nitrogens with zero attached hydrogens (tertiary/aromatic N) is 3. The van der Waals surface area contributed by atoms with Crippen LogP contribution in [-0.4, -0.2) is 42.8 Å². The highest BCUT2D eigenvalue weighted by Crippen LogP contribution is 2.24. The molecular formula is C21H16N4O5S2. The number of thioether (sulfide) groups is 1. The Kier molecular flexibility index (Phi) is 5.93. The Morgan fingerprint density at radius 3 is 2.69 bits per heavy atom. The number of rotatable bonds is 5. The number of hydrogen-bond acceptors (Lipinski definition) is 8. The third-order valence-corrected chi connectivity index (χ3v) is 7.04. The third-order valence-electron chi connectivity index (χ3n) is 4.43. The SMILES string of the molecule is COC(=O)/C=C1/S/C(=N\N=Cc2ccc3c(ccn3S(=O)(=O)c3ccccc3)c2)NC1=O. The van der Waals surface area contributed by atoms with Crippen molar-refractivity contribution in [3.05, 3.63) is 77.3 Å². The lowest BCUT2D eigenvalue weighted by Gasteiger charge is -2.07. The van der Waals surface area contributed by atoms with Gasteiger partial charge in [-0.05, 0) is 47.7 Å². The molecule has 0 saturated carbocycles. The van der Waals surface area contributed by atoms with Crippen LogP contribution >= 0.6 is 11.8 Å². The molecule has 0 spiro atoms. The molecule has 0 aliphatic carbocycles. The van der Waals surface area contributed by atoms with Crippen LogP contribution in [0.5, 0.6) is 0 Å². The second-order valence-corrected chi connectivity index (χ2v) is 9.33. The number of ether oxygens (including phenoxy) is 1. The van der Waals surface area contributed by atoms with E-state index in [0.717, 1.165) is 17.8 Å². The molecule has 1 aromatic heterocycles. The molecule has 9 nitrogen and oxygen atoms in total. The zero-order chi connectivity index (χ0) is 22.7. The van der Waals surface area contributed by atoms with Crippen LogP contribution in [0.2, 0.25) is 0 Å². The Balaban J connectivity index is 1.54. The summed E-state index contributed by atoms with van der Waals surface area (Å²) in [6, 6.07) is 15.1. The summed E-state index contributed by atoms with van der Waals surface area (Å²) < 4.78 is 31.5. The Morgan fingerprint density at radius 2 is 1.94 bits per heavy atom. The highest BCUT2D eigenvalue weighted by atomic mass is 32.2. The predicted octanol–water partition coefficient (Wildman–Crippen LogP) is 2.49. The smallest absolute Gasteiger partial charge is 0.331 e. The number of fused-ring (bicyclic) bond motifs is 1. The van der Waals surface area contributed by atoms with Crippen molar-refractivity contribution in [3.8, 4) is 0 Å². The molecule has 1 fully saturated rings. The van der Waals surface area contributed by atoms with Gasteiger partial charge >= 0.3 is 5.97 Å².